The molecule has 2 amide bonds. The molecule has 0 bridgehead atoms. The molecule has 0 saturated carbocycles. The van der Waals surface area contributed by atoms with Crippen LogP contribution in [0, 0.1) is 0 Å². The molecule has 5 heteroatoms. The second-order valence-corrected chi connectivity index (χ2v) is 7.71. The van der Waals surface area contributed by atoms with Gasteiger partial charge < -0.3 is 10.2 Å². The van der Waals surface area contributed by atoms with Crippen LogP contribution in [0.3, 0.4) is 0 Å². The number of amides is 2. The summed E-state index contributed by atoms with van der Waals surface area (Å²) in [5.74, 6) is 0.0957. The van der Waals surface area contributed by atoms with Crippen LogP contribution in [0.1, 0.15) is 41.6 Å². The topological polar surface area (TPSA) is 52.7 Å². The maximum atomic E-state index is 12.7. The lowest BCUT2D eigenvalue weighted by Gasteiger charge is -2.32. The molecule has 5 nitrogen and oxygen atoms in total. The van der Waals surface area contributed by atoms with E-state index in [2.05, 4.69) is 34.5 Å². The zero-order valence-electron chi connectivity index (χ0n) is 16.1. The predicted octanol–water partition coefficient (Wildman–Crippen LogP) is 3.21. The minimum absolute atomic E-state index is 0.0463. The highest BCUT2D eigenvalue weighted by molar-refractivity contribution is 5.99. The molecule has 0 unspecified atom stereocenters. The lowest BCUT2D eigenvalue weighted by molar-refractivity contribution is -0.117. The maximum absolute atomic E-state index is 12.7. The number of anilines is 1. The first-order valence-electron chi connectivity index (χ1n) is 10.2. The van der Waals surface area contributed by atoms with Gasteiger partial charge in [0.15, 0.2) is 0 Å². The lowest BCUT2D eigenvalue weighted by atomic mass is 10.0. The van der Waals surface area contributed by atoms with Crippen LogP contribution in [0.5, 0.6) is 0 Å². The van der Waals surface area contributed by atoms with Gasteiger partial charge in [0.1, 0.15) is 0 Å². The Morgan fingerprint density at radius 1 is 1.00 bits per heavy atom. The van der Waals surface area contributed by atoms with Gasteiger partial charge in [-0.2, -0.15) is 0 Å². The summed E-state index contributed by atoms with van der Waals surface area (Å²) in [4.78, 5) is 28.9. The first kappa shape index (κ1) is 18.7. The molecule has 2 heterocycles. The summed E-state index contributed by atoms with van der Waals surface area (Å²) >= 11 is 0. The van der Waals surface area contributed by atoms with E-state index in [1.165, 1.54) is 5.56 Å². The number of nitrogens with one attached hydrogen (secondary N) is 1. The lowest BCUT2D eigenvalue weighted by Crippen LogP contribution is -2.44. The van der Waals surface area contributed by atoms with Crippen LogP contribution in [0.2, 0.25) is 0 Å². The molecule has 0 spiro atoms. The Labute approximate surface area is 166 Å². The van der Waals surface area contributed by atoms with Crippen LogP contribution >= 0.6 is 0 Å². The van der Waals surface area contributed by atoms with Gasteiger partial charge in [-0.1, -0.05) is 36.4 Å². The van der Waals surface area contributed by atoms with E-state index < -0.39 is 0 Å². The highest BCUT2D eigenvalue weighted by Gasteiger charge is 2.24. The van der Waals surface area contributed by atoms with Crippen molar-refractivity contribution < 1.29 is 9.59 Å². The van der Waals surface area contributed by atoms with Crippen molar-refractivity contribution in [1.82, 2.24) is 10.2 Å². The third-order valence-electron chi connectivity index (χ3n) is 5.67. The van der Waals surface area contributed by atoms with Gasteiger partial charge in [0.25, 0.3) is 5.91 Å². The summed E-state index contributed by atoms with van der Waals surface area (Å²) in [7, 11) is 0. The summed E-state index contributed by atoms with van der Waals surface area (Å²) < 4.78 is 0. The van der Waals surface area contributed by atoms with Gasteiger partial charge in [0.2, 0.25) is 5.91 Å². The second kappa shape index (κ2) is 8.57. The van der Waals surface area contributed by atoms with Crippen LogP contribution in [0.4, 0.5) is 5.69 Å². The summed E-state index contributed by atoms with van der Waals surface area (Å²) in [6.45, 7) is 3.68. The molecular weight excluding hydrogens is 350 g/mol. The van der Waals surface area contributed by atoms with Gasteiger partial charge in [-0.15, -0.1) is 0 Å². The Kier molecular flexibility index (Phi) is 5.72. The fraction of sp³-hybridized carbons (Fsp3) is 0.391. The van der Waals surface area contributed by atoms with Crippen molar-refractivity contribution in [3.05, 3.63) is 65.7 Å². The Bertz CT molecular complexity index is 829. The van der Waals surface area contributed by atoms with Gasteiger partial charge in [0, 0.05) is 49.9 Å². The summed E-state index contributed by atoms with van der Waals surface area (Å²) in [5, 5.41) is 3.18. The van der Waals surface area contributed by atoms with Gasteiger partial charge in [-0.3, -0.25) is 14.5 Å². The molecule has 1 N–H and O–H groups in total. The van der Waals surface area contributed by atoms with E-state index in [0.717, 1.165) is 51.1 Å². The number of likely N-dealkylation sites (tertiary alicyclic amines) is 1. The summed E-state index contributed by atoms with van der Waals surface area (Å²) in [6, 6.07) is 18.1. The third-order valence-corrected chi connectivity index (χ3v) is 5.67. The van der Waals surface area contributed by atoms with Gasteiger partial charge in [0.05, 0.1) is 0 Å². The van der Waals surface area contributed by atoms with E-state index >= 15 is 0 Å². The monoisotopic (exact) mass is 377 g/mol. The molecule has 28 heavy (non-hydrogen) atoms. The number of rotatable bonds is 5. The van der Waals surface area contributed by atoms with Crippen LogP contribution in [-0.4, -0.2) is 42.4 Å². The molecule has 146 valence electrons. The van der Waals surface area contributed by atoms with E-state index in [9.17, 15) is 9.59 Å². The van der Waals surface area contributed by atoms with E-state index in [1.54, 1.807) is 4.90 Å². The molecule has 2 aromatic carbocycles. The third kappa shape index (κ3) is 4.42. The minimum Gasteiger partial charge on any atom is -0.349 e. The normalized spacial score (nSPS) is 18.4. The largest absolute Gasteiger partial charge is 0.349 e. The number of benzene rings is 2. The molecule has 2 aliphatic rings. The van der Waals surface area contributed by atoms with Crippen molar-refractivity contribution >= 4 is 17.5 Å². The molecule has 0 aromatic heterocycles. The van der Waals surface area contributed by atoms with Crippen LogP contribution in [0.15, 0.2) is 54.6 Å². The zero-order valence-corrected chi connectivity index (χ0v) is 16.1. The van der Waals surface area contributed by atoms with E-state index in [1.807, 2.05) is 30.3 Å². The van der Waals surface area contributed by atoms with Crippen LogP contribution < -0.4 is 10.2 Å². The van der Waals surface area contributed by atoms with Crippen molar-refractivity contribution in [2.75, 3.05) is 24.5 Å². The average Bonchev–Trinajstić information content (AvgIpc) is 3.16. The molecule has 4 rings (SSSR count). The fourth-order valence-electron chi connectivity index (χ4n) is 4.08. The van der Waals surface area contributed by atoms with Crippen molar-refractivity contribution in [3.8, 4) is 0 Å². The number of hydrogen-bond acceptors (Lipinski definition) is 3. The smallest absolute Gasteiger partial charge is 0.251 e. The molecule has 2 fully saturated rings. The number of hydrogen-bond donors (Lipinski definition) is 1. The van der Waals surface area contributed by atoms with Gasteiger partial charge in [-0.25, -0.2) is 0 Å². The molecule has 0 radical (unpaired) electrons. The van der Waals surface area contributed by atoms with Crippen molar-refractivity contribution in [2.45, 2.75) is 38.3 Å². The van der Waals surface area contributed by atoms with Crippen molar-refractivity contribution in [2.24, 2.45) is 0 Å². The van der Waals surface area contributed by atoms with E-state index in [-0.39, 0.29) is 17.9 Å². The number of nitrogens with zero attached hydrogens (tertiary/aromatic N) is 2. The van der Waals surface area contributed by atoms with E-state index in [0.29, 0.717) is 12.0 Å². The first-order chi connectivity index (χ1) is 13.7. The fourth-order valence-corrected chi connectivity index (χ4v) is 4.08. The van der Waals surface area contributed by atoms with Crippen molar-refractivity contribution in [3.63, 3.8) is 0 Å². The first-order valence-corrected chi connectivity index (χ1v) is 10.2. The highest BCUT2D eigenvalue weighted by Crippen LogP contribution is 2.22. The SMILES string of the molecule is O=C(NC1CCN(Cc2ccccc2)CC1)c1cccc(N2CCCC2=O)c1. The molecule has 2 aliphatic heterocycles. The van der Waals surface area contributed by atoms with Gasteiger partial charge in [-0.05, 0) is 43.0 Å². The standard InChI is InChI=1S/C23H27N3O2/c27-22-10-5-13-26(22)21-9-4-8-19(16-21)23(28)24-20-11-14-25(15-12-20)17-18-6-2-1-3-7-18/h1-4,6-9,16,20H,5,10-15,17H2,(H,24,28). The summed E-state index contributed by atoms with van der Waals surface area (Å²) in [5.41, 5.74) is 2.79. The maximum Gasteiger partial charge on any atom is 0.251 e. The molecule has 2 aromatic rings. The Balaban J connectivity index is 1.30. The average molecular weight is 377 g/mol. The van der Waals surface area contributed by atoms with Crippen LogP contribution in [-0.2, 0) is 11.3 Å². The predicted molar refractivity (Wildman–Crippen MR) is 110 cm³/mol. The highest BCUT2D eigenvalue weighted by atomic mass is 16.2. The van der Waals surface area contributed by atoms with Gasteiger partial charge >= 0.3 is 0 Å². The Hall–Kier alpha value is -2.66. The Morgan fingerprint density at radius 2 is 1.79 bits per heavy atom. The number of carbonyl (C=O) groups is 2. The molecule has 2 saturated heterocycles. The molecule has 0 atom stereocenters. The van der Waals surface area contributed by atoms with E-state index in [4.69, 9.17) is 0 Å². The van der Waals surface area contributed by atoms with Crippen molar-refractivity contribution in [1.29, 1.82) is 0 Å². The second-order valence-electron chi connectivity index (χ2n) is 7.71. The molecule has 0 aliphatic carbocycles. The quantitative estimate of drug-likeness (QED) is 0.871. The summed E-state index contributed by atoms with van der Waals surface area (Å²) in [6.07, 6.45) is 3.40. The zero-order chi connectivity index (χ0) is 19.3. The molecular formula is C23H27N3O2. The van der Waals surface area contributed by atoms with Crippen LogP contribution in [0.25, 0.3) is 0 Å². The minimum atomic E-state index is -0.0463. The Morgan fingerprint density at radius 3 is 2.50 bits per heavy atom. The number of piperidine rings is 1. The number of carbonyl (C=O) groups excluding carboxylic acids is 2.